The van der Waals surface area contributed by atoms with Gasteiger partial charge in [0.05, 0.1) is 4.90 Å². The Morgan fingerprint density at radius 2 is 1.77 bits per heavy atom. The number of hydrogen-bond donors (Lipinski definition) is 1. The molecule has 0 saturated heterocycles. The average Bonchev–Trinajstić information content (AvgIpc) is 2.64. The molecule has 0 amide bonds. The second kappa shape index (κ2) is 9.71. The van der Waals surface area contributed by atoms with Crippen molar-refractivity contribution in [1.82, 2.24) is 9.62 Å². The highest BCUT2D eigenvalue weighted by Gasteiger charge is 2.15. The summed E-state index contributed by atoms with van der Waals surface area (Å²) in [6, 6.07) is 14.4. The lowest BCUT2D eigenvalue weighted by Gasteiger charge is -2.19. The summed E-state index contributed by atoms with van der Waals surface area (Å²) >= 11 is 0. The van der Waals surface area contributed by atoms with E-state index >= 15 is 0 Å². The predicted octanol–water partition coefficient (Wildman–Crippen LogP) is 3.19. The molecule has 0 atom stereocenters. The van der Waals surface area contributed by atoms with Gasteiger partial charge in [-0.2, -0.15) is 0 Å². The number of rotatable bonds is 10. The fourth-order valence-electron chi connectivity index (χ4n) is 2.65. The number of hydrogen-bond acceptors (Lipinski definition) is 4. The van der Waals surface area contributed by atoms with Crippen molar-refractivity contribution < 1.29 is 13.2 Å². The Morgan fingerprint density at radius 3 is 2.46 bits per heavy atom. The van der Waals surface area contributed by atoms with Crippen LogP contribution in [0.2, 0.25) is 0 Å². The number of sulfonamides is 1. The summed E-state index contributed by atoms with van der Waals surface area (Å²) in [6.07, 6.45) is 0. The van der Waals surface area contributed by atoms with Gasteiger partial charge in [0.15, 0.2) is 0 Å². The molecule has 0 spiro atoms. The number of aryl methyl sites for hydroxylation is 1. The lowest BCUT2D eigenvalue weighted by molar-refractivity contribution is 0.221. The fraction of sp³-hybridized carbons (Fsp3) is 0.400. The maximum atomic E-state index is 12.5. The summed E-state index contributed by atoms with van der Waals surface area (Å²) in [5, 5.41) is 0. The highest BCUT2D eigenvalue weighted by molar-refractivity contribution is 7.89. The van der Waals surface area contributed by atoms with Gasteiger partial charge in [0, 0.05) is 18.7 Å². The van der Waals surface area contributed by atoms with E-state index in [2.05, 4.69) is 23.5 Å². The number of para-hydroxylation sites is 1. The van der Waals surface area contributed by atoms with Gasteiger partial charge in [-0.25, -0.2) is 13.1 Å². The Hall–Kier alpha value is -1.89. The maximum Gasteiger partial charge on any atom is 0.240 e. The summed E-state index contributed by atoms with van der Waals surface area (Å²) in [4.78, 5) is 2.56. The van der Waals surface area contributed by atoms with Crippen LogP contribution in [0.5, 0.6) is 5.75 Å². The summed E-state index contributed by atoms with van der Waals surface area (Å²) in [7, 11) is -3.55. The minimum Gasteiger partial charge on any atom is -0.492 e. The van der Waals surface area contributed by atoms with Gasteiger partial charge >= 0.3 is 0 Å². The molecule has 0 aliphatic heterocycles. The highest BCUT2D eigenvalue weighted by Crippen LogP contribution is 2.19. The largest absolute Gasteiger partial charge is 0.492 e. The number of ether oxygens (including phenoxy) is 1. The van der Waals surface area contributed by atoms with Crippen molar-refractivity contribution in [2.75, 3.05) is 26.2 Å². The minimum absolute atomic E-state index is 0.192. The van der Waals surface area contributed by atoms with Gasteiger partial charge in [-0.1, -0.05) is 44.2 Å². The quantitative estimate of drug-likeness (QED) is 0.692. The molecule has 1 N–H and O–H groups in total. The predicted molar refractivity (Wildman–Crippen MR) is 105 cm³/mol. The molecule has 0 aliphatic carbocycles. The normalized spacial score (nSPS) is 11.7. The second-order valence-electron chi connectivity index (χ2n) is 6.12. The molecule has 0 heterocycles. The molecule has 2 rings (SSSR count). The first-order valence-electron chi connectivity index (χ1n) is 8.95. The standard InChI is InChI=1S/C20H28N2O3S/c1-4-22(5-2)13-14-25-20-12-7-6-10-18(20)16-21-26(23,24)19-11-8-9-17(3)15-19/h6-12,15,21H,4-5,13-14,16H2,1-3H3. The Labute approximate surface area is 157 Å². The maximum absolute atomic E-state index is 12.5. The number of likely N-dealkylation sites (N-methyl/N-ethyl adjacent to an activating group) is 1. The zero-order valence-electron chi connectivity index (χ0n) is 15.7. The Kier molecular flexibility index (Phi) is 7.63. The molecule has 0 bridgehead atoms. The van der Waals surface area contributed by atoms with E-state index in [0.717, 1.165) is 30.8 Å². The van der Waals surface area contributed by atoms with Crippen LogP contribution in [0.25, 0.3) is 0 Å². The van der Waals surface area contributed by atoms with Crippen molar-refractivity contribution in [3.8, 4) is 5.75 Å². The van der Waals surface area contributed by atoms with Crippen molar-refractivity contribution in [1.29, 1.82) is 0 Å². The summed E-state index contributed by atoms with van der Waals surface area (Å²) in [6.45, 7) is 9.69. The average molecular weight is 377 g/mol. The molecule has 0 radical (unpaired) electrons. The molecule has 0 aromatic heterocycles. The molecule has 0 aliphatic rings. The number of nitrogens with one attached hydrogen (secondary N) is 1. The van der Waals surface area contributed by atoms with E-state index in [1.54, 1.807) is 18.2 Å². The van der Waals surface area contributed by atoms with E-state index in [1.165, 1.54) is 0 Å². The molecule has 2 aromatic rings. The molecule has 142 valence electrons. The van der Waals surface area contributed by atoms with Gasteiger partial charge in [-0.05, 0) is 43.8 Å². The van der Waals surface area contributed by atoms with E-state index in [0.29, 0.717) is 12.4 Å². The van der Waals surface area contributed by atoms with Crippen LogP contribution in [0, 0.1) is 6.92 Å². The smallest absolute Gasteiger partial charge is 0.240 e. The van der Waals surface area contributed by atoms with Gasteiger partial charge in [-0.3, -0.25) is 0 Å². The molecular formula is C20H28N2O3S. The van der Waals surface area contributed by atoms with Crippen LogP contribution < -0.4 is 9.46 Å². The highest BCUT2D eigenvalue weighted by atomic mass is 32.2. The summed E-state index contributed by atoms with van der Waals surface area (Å²) in [5.41, 5.74) is 1.73. The van der Waals surface area contributed by atoms with Crippen LogP contribution in [0.1, 0.15) is 25.0 Å². The summed E-state index contributed by atoms with van der Waals surface area (Å²) in [5.74, 6) is 0.714. The molecular weight excluding hydrogens is 348 g/mol. The summed E-state index contributed by atoms with van der Waals surface area (Å²) < 4.78 is 33.5. The van der Waals surface area contributed by atoms with Gasteiger partial charge < -0.3 is 9.64 Å². The van der Waals surface area contributed by atoms with E-state index in [-0.39, 0.29) is 11.4 Å². The van der Waals surface area contributed by atoms with Gasteiger partial charge in [0.25, 0.3) is 0 Å². The third kappa shape index (κ3) is 5.83. The SMILES string of the molecule is CCN(CC)CCOc1ccccc1CNS(=O)(=O)c1cccc(C)c1. The van der Waals surface area contributed by atoms with Crippen molar-refractivity contribution in [2.24, 2.45) is 0 Å². The molecule has 6 heteroatoms. The van der Waals surface area contributed by atoms with E-state index in [1.807, 2.05) is 37.3 Å². The number of nitrogens with zero attached hydrogens (tertiary/aromatic N) is 1. The minimum atomic E-state index is -3.55. The van der Waals surface area contributed by atoms with Crippen LogP contribution in [0.15, 0.2) is 53.4 Å². The van der Waals surface area contributed by atoms with Crippen molar-refractivity contribution in [3.05, 3.63) is 59.7 Å². The van der Waals surface area contributed by atoms with Crippen molar-refractivity contribution in [2.45, 2.75) is 32.2 Å². The van der Waals surface area contributed by atoms with Gasteiger partial charge in [0.1, 0.15) is 12.4 Å². The number of benzene rings is 2. The molecule has 5 nitrogen and oxygen atoms in total. The monoisotopic (exact) mass is 376 g/mol. The van der Waals surface area contributed by atoms with Crippen molar-refractivity contribution in [3.63, 3.8) is 0 Å². The van der Waals surface area contributed by atoms with E-state index in [9.17, 15) is 8.42 Å². The zero-order valence-corrected chi connectivity index (χ0v) is 16.6. The Balaban J connectivity index is 2.01. The first-order chi connectivity index (χ1) is 12.5. The molecule has 0 unspecified atom stereocenters. The zero-order chi connectivity index (χ0) is 19.0. The van der Waals surface area contributed by atoms with Crippen molar-refractivity contribution >= 4 is 10.0 Å². The van der Waals surface area contributed by atoms with Gasteiger partial charge in [-0.15, -0.1) is 0 Å². The Bertz CT molecular complexity index is 802. The van der Waals surface area contributed by atoms with E-state index in [4.69, 9.17) is 4.74 Å². The van der Waals surface area contributed by atoms with Crippen LogP contribution in [-0.2, 0) is 16.6 Å². The third-order valence-corrected chi connectivity index (χ3v) is 5.68. The first kappa shape index (κ1) is 20.4. The van der Waals surface area contributed by atoms with Gasteiger partial charge in [0.2, 0.25) is 10.0 Å². The first-order valence-corrected chi connectivity index (χ1v) is 10.4. The molecule has 26 heavy (non-hydrogen) atoms. The second-order valence-corrected chi connectivity index (χ2v) is 7.89. The van der Waals surface area contributed by atoms with E-state index < -0.39 is 10.0 Å². The lowest BCUT2D eigenvalue weighted by Crippen LogP contribution is -2.28. The molecule has 0 fully saturated rings. The topological polar surface area (TPSA) is 58.6 Å². The lowest BCUT2D eigenvalue weighted by atomic mass is 10.2. The van der Waals surface area contributed by atoms with Crippen LogP contribution in [0.4, 0.5) is 0 Å². The van der Waals surface area contributed by atoms with Crippen LogP contribution >= 0.6 is 0 Å². The Morgan fingerprint density at radius 1 is 1.04 bits per heavy atom. The molecule has 0 saturated carbocycles. The van der Waals surface area contributed by atoms with Crippen LogP contribution in [0.3, 0.4) is 0 Å². The van der Waals surface area contributed by atoms with Crippen LogP contribution in [-0.4, -0.2) is 39.6 Å². The molecule has 2 aromatic carbocycles. The fourth-order valence-corrected chi connectivity index (χ4v) is 3.76. The third-order valence-electron chi connectivity index (χ3n) is 4.28.